The van der Waals surface area contributed by atoms with Crippen molar-refractivity contribution in [1.82, 2.24) is 4.90 Å². The fourth-order valence-electron chi connectivity index (χ4n) is 3.35. The third kappa shape index (κ3) is 3.10. The number of amides is 2. The van der Waals surface area contributed by atoms with E-state index in [4.69, 9.17) is 0 Å². The van der Waals surface area contributed by atoms with Crippen LogP contribution in [0.15, 0.2) is 18.2 Å². The normalized spacial score (nSPS) is 22.4. The second-order valence-electron chi connectivity index (χ2n) is 6.03. The number of likely N-dealkylation sites (tertiary alicyclic amines) is 1. The van der Waals surface area contributed by atoms with Gasteiger partial charge in [0.25, 0.3) is 0 Å². The van der Waals surface area contributed by atoms with E-state index in [0.717, 1.165) is 43.9 Å². The zero-order chi connectivity index (χ0) is 15.7. The molecule has 0 bridgehead atoms. The highest BCUT2D eigenvalue weighted by molar-refractivity contribution is 5.97. The Morgan fingerprint density at radius 3 is 2.41 bits per heavy atom. The van der Waals surface area contributed by atoms with Crippen molar-refractivity contribution in [3.05, 3.63) is 29.8 Å². The van der Waals surface area contributed by atoms with Crippen molar-refractivity contribution in [2.75, 3.05) is 11.9 Å². The highest BCUT2D eigenvalue weighted by Gasteiger charge is 2.38. The summed E-state index contributed by atoms with van der Waals surface area (Å²) in [5.74, 6) is -2.31. The van der Waals surface area contributed by atoms with Gasteiger partial charge < -0.3 is 10.2 Å². The Bertz CT molecular complexity index is 580. The largest absolute Gasteiger partial charge is 0.339 e. The number of hydrogen-bond acceptors (Lipinski definition) is 2. The predicted octanol–water partition coefficient (Wildman–Crippen LogP) is 2.69. The second-order valence-corrected chi connectivity index (χ2v) is 6.03. The molecule has 0 aromatic heterocycles. The van der Waals surface area contributed by atoms with Crippen LogP contribution in [0.2, 0.25) is 0 Å². The lowest BCUT2D eigenvalue weighted by molar-refractivity contribution is -0.129. The highest BCUT2D eigenvalue weighted by atomic mass is 19.1. The molecule has 22 heavy (non-hydrogen) atoms. The molecule has 1 aromatic rings. The summed E-state index contributed by atoms with van der Waals surface area (Å²) < 4.78 is 26.3. The average Bonchev–Trinajstić information content (AvgIpc) is 3.06. The van der Waals surface area contributed by atoms with E-state index in [1.807, 2.05) is 0 Å². The van der Waals surface area contributed by atoms with E-state index in [2.05, 4.69) is 5.32 Å². The quantitative estimate of drug-likeness (QED) is 0.933. The fraction of sp³-hybridized carbons (Fsp3) is 0.500. The Balaban J connectivity index is 1.64. The van der Waals surface area contributed by atoms with E-state index >= 15 is 0 Å². The molecule has 118 valence electrons. The monoisotopic (exact) mass is 308 g/mol. The van der Waals surface area contributed by atoms with Gasteiger partial charge in [0, 0.05) is 30.8 Å². The minimum absolute atomic E-state index is 0.00234. The summed E-state index contributed by atoms with van der Waals surface area (Å²) >= 11 is 0. The van der Waals surface area contributed by atoms with Crippen molar-refractivity contribution in [2.45, 2.75) is 38.1 Å². The van der Waals surface area contributed by atoms with E-state index in [0.29, 0.717) is 6.54 Å². The van der Waals surface area contributed by atoms with Crippen LogP contribution in [0.3, 0.4) is 0 Å². The van der Waals surface area contributed by atoms with Crippen molar-refractivity contribution in [3.8, 4) is 0 Å². The maximum Gasteiger partial charge on any atom is 0.229 e. The lowest BCUT2D eigenvalue weighted by atomic mass is 10.1. The molecule has 0 unspecified atom stereocenters. The summed E-state index contributed by atoms with van der Waals surface area (Å²) in [6.45, 7) is 0.396. The molecule has 4 nitrogen and oxygen atoms in total. The molecule has 1 aliphatic heterocycles. The Hall–Kier alpha value is -1.98. The van der Waals surface area contributed by atoms with Gasteiger partial charge in [0.15, 0.2) is 0 Å². The zero-order valence-electron chi connectivity index (χ0n) is 12.1. The molecule has 0 radical (unpaired) electrons. The van der Waals surface area contributed by atoms with Crippen LogP contribution in [0, 0.1) is 17.6 Å². The molecule has 1 N–H and O–H groups in total. The van der Waals surface area contributed by atoms with Gasteiger partial charge in [-0.2, -0.15) is 0 Å². The smallest absolute Gasteiger partial charge is 0.229 e. The number of anilines is 1. The number of benzene rings is 1. The van der Waals surface area contributed by atoms with Gasteiger partial charge in [-0.25, -0.2) is 8.78 Å². The summed E-state index contributed by atoms with van der Waals surface area (Å²) in [7, 11) is 0. The Kier molecular flexibility index (Phi) is 4.09. The molecular formula is C16H18F2N2O2. The Labute approximate surface area is 127 Å². The SMILES string of the molecule is O=C(Nc1cc(F)cc(F)c1)[C@H]1CC(=O)N(C2CCCC2)C1. The van der Waals surface area contributed by atoms with Crippen LogP contribution >= 0.6 is 0 Å². The third-order valence-corrected chi connectivity index (χ3v) is 4.42. The van der Waals surface area contributed by atoms with Crippen LogP contribution in [-0.2, 0) is 9.59 Å². The summed E-state index contributed by atoms with van der Waals surface area (Å²) in [5.41, 5.74) is 0.0780. The molecule has 1 aromatic carbocycles. The van der Waals surface area contributed by atoms with E-state index in [1.54, 1.807) is 4.90 Å². The number of rotatable bonds is 3. The molecular weight excluding hydrogens is 290 g/mol. The number of carbonyl (C=O) groups is 2. The van der Waals surface area contributed by atoms with Crippen LogP contribution in [0.4, 0.5) is 14.5 Å². The first-order valence-corrected chi connectivity index (χ1v) is 7.59. The van der Waals surface area contributed by atoms with E-state index < -0.39 is 17.6 Å². The number of carbonyl (C=O) groups excluding carboxylic acids is 2. The number of nitrogens with one attached hydrogen (secondary N) is 1. The topological polar surface area (TPSA) is 49.4 Å². The van der Waals surface area contributed by atoms with Gasteiger partial charge in [-0.1, -0.05) is 12.8 Å². The number of hydrogen-bond donors (Lipinski definition) is 1. The van der Waals surface area contributed by atoms with E-state index in [-0.39, 0.29) is 30.0 Å². The highest BCUT2D eigenvalue weighted by Crippen LogP contribution is 2.30. The molecule has 1 saturated carbocycles. The first-order valence-electron chi connectivity index (χ1n) is 7.59. The summed E-state index contributed by atoms with van der Waals surface area (Å²) in [6, 6.07) is 3.12. The van der Waals surface area contributed by atoms with Gasteiger partial charge in [0.1, 0.15) is 11.6 Å². The molecule has 1 atom stereocenters. The maximum atomic E-state index is 13.1. The van der Waals surface area contributed by atoms with E-state index in [9.17, 15) is 18.4 Å². The zero-order valence-corrected chi connectivity index (χ0v) is 12.1. The maximum absolute atomic E-state index is 13.1. The van der Waals surface area contributed by atoms with E-state index in [1.165, 1.54) is 0 Å². The fourth-order valence-corrected chi connectivity index (χ4v) is 3.35. The van der Waals surface area contributed by atoms with Gasteiger partial charge in [-0.3, -0.25) is 9.59 Å². The van der Waals surface area contributed by atoms with Crippen molar-refractivity contribution in [1.29, 1.82) is 0 Å². The van der Waals surface area contributed by atoms with Gasteiger partial charge in [-0.05, 0) is 25.0 Å². The Morgan fingerprint density at radius 2 is 1.77 bits per heavy atom. The van der Waals surface area contributed by atoms with Crippen LogP contribution < -0.4 is 5.32 Å². The molecule has 2 fully saturated rings. The standard InChI is InChI=1S/C16H18F2N2O2/c17-11-6-12(18)8-13(7-11)19-16(22)10-5-15(21)20(9-10)14-3-1-2-4-14/h6-8,10,14H,1-5,9H2,(H,19,22)/t10-/m0/s1. The average molecular weight is 308 g/mol. The van der Waals surface area contributed by atoms with Crippen molar-refractivity contribution in [3.63, 3.8) is 0 Å². The summed E-state index contributed by atoms with van der Waals surface area (Å²) in [6.07, 6.45) is 4.40. The molecule has 1 aliphatic carbocycles. The lowest BCUT2D eigenvalue weighted by Gasteiger charge is -2.23. The van der Waals surface area contributed by atoms with Crippen LogP contribution in [0.5, 0.6) is 0 Å². The third-order valence-electron chi connectivity index (χ3n) is 4.42. The van der Waals surface area contributed by atoms with Gasteiger partial charge in [0.05, 0.1) is 5.92 Å². The van der Waals surface area contributed by atoms with Crippen LogP contribution in [0.1, 0.15) is 32.1 Å². The summed E-state index contributed by atoms with van der Waals surface area (Å²) in [4.78, 5) is 26.1. The molecule has 0 spiro atoms. The Morgan fingerprint density at radius 1 is 1.14 bits per heavy atom. The van der Waals surface area contributed by atoms with Gasteiger partial charge in [0.2, 0.25) is 11.8 Å². The minimum Gasteiger partial charge on any atom is -0.339 e. The van der Waals surface area contributed by atoms with Crippen LogP contribution in [-0.4, -0.2) is 29.3 Å². The minimum atomic E-state index is -0.745. The predicted molar refractivity (Wildman–Crippen MR) is 77.1 cm³/mol. The molecule has 3 rings (SSSR count). The van der Waals surface area contributed by atoms with Gasteiger partial charge >= 0.3 is 0 Å². The molecule has 6 heteroatoms. The molecule has 1 saturated heterocycles. The molecule has 2 amide bonds. The van der Waals surface area contributed by atoms with Crippen LogP contribution in [0.25, 0.3) is 0 Å². The van der Waals surface area contributed by atoms with Crippen molar-refractivity contribution in [2.24, 2.45) is 5.92 Å². The molecule has 1 heterocycles. The molecule has 2 aliphatic rings. The number of nitrogens with zero attached hydrogens (tertiary/aromatic N) is 1. The first-order chi connectivity index (χ1) is 10.5. The van der Waals surface area contributed by atoms with Gasteiger partial charge in [-0.15, -0.1) is 0 Å². The summed E-state index contributed by atoms with van der Waals surface area (Å²) in [5, 5.41) is 2.50. The lowest BCUT2D eigenvalue weighted by Crippen LogP contribution is -2.35. The number of halogens is 2. The van der Waals surface area contributed by atoms with Crippen molar-refractivity contribution < 1.29 is 18.4 Å². The first kappa shape index (κ1) is 14.9. The van der Waals surface area contributed by atoms with Crippen molar-refractivity contribution >= 4 is 17.5 Å². The second kappa shape index (κ2) is 6.02.